The van der Waals surface area contributed by atoms with Gasteiger partial charge in [0.15, 0.2) is 6.29 Å². The van der Waals surface area contributed by atoms with Crippen molar-refractivity contribution in [1.29, 1.82) is 0 Å². The monoisotopic (exact) mass is 514 g/mol. The third-order valence-electron chi connectivity index (χ3n) is 6.64. The zero-order valence-corrected chi connectivity index (χ0v) is 22.2. The van der Waals surface area contributed by atoms with Crippen LogP contribution >= 0.6 is 0 Å². The van der Waals surface area contributed by atoms with Gasteiger partial charge in [0.05, 0.1) is 36.9 Å². The number of carbonyl (C=O) groups excluding carboxylic acids is 2. The Bertz CT molecular complexity index is 966. The van der Waals surface area contributed by atoms with Crippen LogP contribution < -0.4 is 0 Å². The lowest BCUT2D eigenvalue weighted by molar-refractivity contribution is -0.270. The predicted octanol–water partition coefficient (Wildman–Crippen LogP) is 4.93. The number of ether oxygens (including phenoxy) is 6. The van der Waals surface area contributed by atoms with E-state index in [0.29, 0.717) is 18.4 Å². The molecule has 3 rings (SSSR count). The normalized spacial score (nSPS) is 22.9. The highest BCUT2D eigenvalue weighted by atomic mass is 16.7. The Hall–Kier alpha value is -2.78. The van der Waals surface area contributed by atoms with E-state index in [4.69, 9.17) is 28.4 Å². The van der Waals surface area contributed by atoms with E-state index in [1.54, 1.807) is 31.2 Å². The van der Waals surface area contributed by atoms with Gasteiger partial charge in [-0.2, -0.15) is 0 Å². The molecule has 1 aliphatic heterocycles. The lowest BCUT2D eigenvalue weighted by Gasteiger charge is -2.41. The second kappa shape index (κ2) is 14.2. The molecule has 37 heavy (non-hydrogen) atoms. The van der Waals surface area contributed by atoms with Gasteiger partial charge in [-0.3, -0.25) is 4.79 Å². The minimum atomic E-state index is -0.610. The summed E-state index contributed by atoms with van der Waals surface area (Å²) in [5.41, 5.74) is 1.39. The van der Waals surface area contributed by atoms with Crippen LogP contribution in [0, 0.1) is 11.8 Å². The van der Waals surface area contributed by atoms with Crippen LogP contribution in [0.5, 0.6) is 0 Å². The number of hydrogen-bond donors (Lipinski definition) is 0. The van der Waals surface area contributed by atoms with E-state index in [2.05, 4.69) is 0 Å². The Balaban J connectivity index is 1.76. The molecular weight excluding hydrogens is 476 g/mol. The van der Waals surface area contributed by atoms with Crippen LogP contribution in [0.25, 0.3) is 0 Å². The average molecular weight is 515 g/mol. The molecule has 0 radical (unpaired) electrons. The lowest BCUT2D eigenvalue weighted by atomic mass is 9.85. The Morgan fingerprint density at radius 3 is 2.22 bits per heavy atom. The van der Waals surface area contributed by atoms with E-state index < -0.39 is 18.3 Å². The predicted molar refractivity (Wildman–Crippen MR) is 137 cm³/mol. The van der Waals surface area contributed by atoms with Crippen molar-refractivity contribution in [2.75, 3.05) is 21.0 Å². The average Bonchev–Trinajstić information content (AvgIpc) is 2.93. The van der Waals surface area contributed by atoms with E-state index in [1.807, 2.05) is 50.2 Å². The van der Waals surface area contributed by atoms with Gasteiger partial charge in [-0.25, -0.2) is 4.79 Å². The second-order valence-corrected chi connectivity index (χ2v) is 9.44. The number of esters is 2. The Labute approximate surface area is 219 Å². The topological polar surface area (TPSA) is 89.5 Å². The van der Waals surface area contributed by atoms with Crippen molar-refractivity contribution in [3.05, 3.63) is 71.8 Å². The molecule has 0 bridgehead atoms. The zero-order chi connectivity index (χ0) is 26.8. The molecule has 1 aliphatic rings. The fourth-order valence-corrected chi connectivity index (χ4v) is 4.67. The summed E-state index contributed by atoms with van der Waals surface area (Å²) in [7, 11) is 2.90. The summed E-state index contributed by atoms with van der Waals surface area (Å²) in [6.07, 6.45) is -1.00. The molecule has 1 fully saturated rings. The van der Waals surface area contributed by atoms with Crippen LogP contribution in [-0.2, 0) is 33.2 Å². The first-order chi connectivity index (χ1) is 17.8. The summed E-state index contributed by atoms with van der Waals surface area (Å²) in [6.45, 7) is 5.67. The van der Waals surface area contributed by atoms with E-state index in [1.165, 1.54) is 14.2 Å². The van der Waals surface area contributed by atoms with Gasteiger partial charge in [-0.1, -0.05) is 55.5 Å². The Kier molecular flexibility index (Phi) is 11.1. The molecule has 8 nitrogen and oxygen atoms in total. The molecule has 0 unspecified atom stereocenters. The SMILES string of the molecule is COCO[C@@H]([C@@H](C)[C@@H]1C[C@H](C[C@@H](C)OC(=O)c2ccccc2)O[C@H](c2ccccc2)O1)[C@H](C)C(=O)OC. The van der Waals surface area contributed by atoms with E-state index in [-0.39, 0.29) is 43.0 Å². The summed E-state index contributed by atoms with van der Waals surface area (Å²) in [4.78, 5) is 24.9. The van der Waals surface area contributed by atoms with Crippen LogP contribution in [0.1, 0.15) is 55.8 Å². The van der Waals surface area contributed by atoms with E-state index in [9.17, 15) is 9.59 Å². The van der Waals surface area contributed by atoms with Crippen LogP contribution in [0.4, 0.5) is 0 Å². The van der Waals surface area contributed by atoms with Gasteiger partial charge in [0.25, 0.3) is 0 Å². The Morgan fingerprint density at radius 1 is 0.946 bits per heavy atom. The standard InChI is InChI=1S/C29H38O8/c1-19(35-28(31)22-12-8-6-9-13-22)16-24-17-25(37-29(36-24)23-14-10-7-11-15-23)20(2)26(34-18-32-4)21(3)27(30)33-5/h6-15,19-21,24-26,29H,16-18H2,1-5H3/t19-,20+,21+,24+,25+,26+,29+/m1/s1. The fourth-order valence-electron chi connectivity index (χ4n) is 4.67. The first kappa shape index (κ1) is 28.8. The van der Waals surface area contributed by atoms with Gasteiger partial charge in [0.2, 0.25) is 0 Å². The van der Waals surface area contributed by atoms with Crippen molar-refractivity contribution in [1.82, 2.24) is 0 Å². The smallest absolute Gasteiger partial charge is 0.338 e. The number of rotatable bonds is 12. The van der Waals surface area contributed by atoms with Gasteiger partial charge in [-0.05, 0) is 26.0 Å². The number of benzene rings is 2. The van der Waals surface area contributed by atoms with Crippen LogP contribution in [0.3, 0.4) is 0 Å². The van der Waals surface area contributed by atoms with Gasteiger partial charge in [-0.15, -0.1) is 0 Å². The largest absolute Gasteiger partial charge is 0.469 e. The maximum absolute atomic E-state index is 12.6. The van der Waals surface area contributed by atoms with Crippen molar-refractivity contribution in [2.24, 2.45) is 11.8 Å². The first-order valence-corrected chi connectivity index (χ1v) is 12.6. The van der Waals surface area contributed by atoms with Gasteiger partial charge in [0, 0.05) is 31.4 Å². The fraction of sp³-hybridized carbons (Fsp3) is 0.517. The minimum absolute atomic E-state index is 0.0393. The highest BCUT2D eigenvalue weighted by Crippen LogP contribution is 2.37. The van der Waals surface area contributed by atoms with E-state index >= 15 is 0 Å². The summed E-state index contributed by atoms with van der Waals surface area (Å²) in [5.74, 6) is -1.45. The maximum atomic E-state index is 12.6. The van der Waals surface area contributed by atoms with Crippen molar-refractivity contribution in [3.63, 3.8) is 0 Å². The number of methoxy groups -OCH3 is 2. The van der Waals surface area contributed by atoms with Crippen molar-refractivity contribution in [3.8, 4) is 0 Å². The quantitative estimate of drug-likeness (QED) is 0.291. The molecule has 0 amide bonds. The van der Waals surface area contributed by atoms with Crippen molar-refractivity contribution < 1.29 is 38.0 Å². The summed E-state index contributed by atoms with van der Waals surface area (Å²) >= 11 is 0. The van der Waals surface area contributed by atoms with Gasteiger partial charge in [0.1, 0.15) is 12.9 Å². The number of hydrogen-bond acceptors (Lipinski definition) is 8. The molecule has 0 aromatic heterocycles. The molecule has 1 heterocycles. The molecular formula is C29H38O8. The molecule has 1 saturated heterocycles. The van der Waals surface area contributed by atoms with E-state index in [0.717, 1.165) is 5.56 Å². The molecule has 7 atom stereocenters. The second-order valence-electron chi connectivity index (χ2n) is 9.44. The molecule has 2 aromatic carbocycles. The van der Waals surface area contributed by atoms with Crippen LogP contribution in [-0.4, -0.2) is 57.4 Å². The van der Waals surface area contributed by atoms with Gasteiger partial charge < -0.3 is 28.4 Å². The third-order valence-corrected chi connectivity index (χ3v) is 6.64. The first-order valence-electron chi connectivity index (χ1n) is 12.6. The zero-order valence-electron chi connectivity index (χ0n) is 22.2. The van der Waals surface area contributed by atoms with Gasteiger partial charge >= 0.3 is 11.9 Å². The highest BCUT2D eigenvalue weighted by Gasteiger charge is 2.41. The molecule has 0 spiro atoms. The molecule has 0 aliphatic carbocycles. The summed E-state index contributed by atoms with van der Waals surface area (Å²) < 4.78 is 34.5. The molecule has 0 saturated carbocycles. The Morgan fingerprint density at radius 2 is 1.59 bits per heavy atom. The molecule has 0 N–H and O–H groups in total. The number of carbonyl (C=O) groups is 2. The summed E-state index contributed by atoms with van der Waals surface area (Å²) in [5, 5.41) is 0. The molecule has 202 valence electrons. The van der Waals surface area contributed by atoms with Crippen LogP contribution in [0.2, 0.25) is 0 Å². The summed E-state index contributed by atoms with van der Waals surface area (Å²) in [6, 6.07) is 18.6. The third kappa shape index (κ3) is 8.10. The lowest BCUT2D eigenvalue weighted by Crippen LogP contribution is -2.46. The van der Waals surface area contributed by atoms with Crippen molar-refractivity contribution in [2.45, 2.75) is 64.3 Å². The molecule has 8 heteroatoms. The van der Waals surface area contributed by atoms with Crippen LogP contribution in [0.15, 0.2) is 60.7 Å². The minimum Gasteiger partial charge on any atom is -0.469 e. The maximum Gasteiger partial charge on any atom is 0.338 e. The molecule has 2 aromatic rings. The van der Waals surface area contributed by atoms with Crippen molar-refractivity contribution >= 4 is 11.9 Å². The highest BCUT2D eigenvalue weighted by molar-refractivity contribution is 5.89.